The quantitative estimate of drug-likeness (QED) is 0.869. The summed E-state index contributed by atoms with van der Waals surface area (Å²) in [6.45, 7) is 3.81. The average Bonchev–Trinajstić information content (AvgIpc) is 2.31. The van der Waals surface area contributed by atoms with Crippen LogP contribution >= 0.6 is 24.0 Å². The normalized spacial score (nSPS) is 13.9. The summed E-state index contributed by atoms with van der Waals surface area (Å²) in [5, 5.41) is 10.2. The molecular formula is C13H20Cl2FNO. The standard InChI is InChI=1S/C13H19ClFNO.ClH/c1-3-4-5-10(17)13(16)11-9(15)7-6-8(2)12(11)14;/h6-7,10,13,17H,3-5,16H2,1-2H3;1H/t10-,13-;/m0./s1. The summed E-state index contributed by atoms with van der Waals surface area (Å²) < 4.78 is 13.7. The fourth-order valence-corrected chi connectivity index (χ4v) is 2.05. The van der Waals surface area contributed by atoms with Crippen LogP contribution in [0, 0.1) is 12.7 Å². The lowest BCUT2D eigenvalue weighted by Crippen LogP contribution is -2.27. The molecule has 5 heteroatoms. The number of halogens is 3. The van der Waals surface area contributed by atoms with Gasteiger partial charge in [0.25, 0.3) is 0 Å². The third kappa shape index (κ3) is 4.09. The molecule has 0 saturated heterocycles. The Balaban J connectivity index is 0.00000289. The third-order valence-corrected chi connectivity index (χ3v) is 3.42. The molecular weight excluding hydrogens is 276 g/mol. The number of benzene rings is 1. The fourth-order valence-electron chi connectivity index (χ4n) is 1.77. The Morgan fingerprint density at radius 3 is 2.61 bits per heavy atom. The second kappa shape index (κ2) is 7.95. The van der Waals surface area contributed by atoms with E-state index in [0.717, 1.165) is 18.4 Å². The molecule has 1 rings (SSSR count). The summed E-state index contributed by atoms with van der Waals surface area (Å²) >= 11 is 6.04. The average molecular weight is 296 g/mol. The molecule has 104 valence electrons. The summed E-state index contributed by atoms with van der Waals surface area (Å²) in [6.07, 6.45) is 1.62. The second-order valence-electron chi connectivity index (χ2n) is 4.33. The maximum absolute atomic E-state index is 13.7. The van der Waals surface area contributed by atoms with Crippen molar-refractivity contribution in [1.82, 2.24) is 0 Å². The van der Waals surface area contributed by atoms with E-state index in [-0.39, 0.29) is 18.0 Å². The minimum atomic E-state index is -0.769. The summed E-state index contributed by atoms with van der Waals surface area (Å²) in [6, 6.07) is 2.17. The molecule has 0 unspecified atom stereocenters. The van der Waals surface area contributed by atoms with Crippen molar-refractivity contribution in [2.45, 2.75) is 45.3 Å². The molecule has 1 aromatic rings. The van der Waals surface area contributed by atoms with E-state index < -0.39 is 18.0 Å². The molecule has 3 N–H and O–H groups in total. The molecule has 0 saturated carbocycles. The molecule has 2 nitrogen and oxygen atoms in total. The number of unbranched alkanes of at least 4 members (excludes halogenated alkanes) is 1. The van der Waals surface area contributed by atoms with Gasteiger partial charge in [0.15, 0.2) is 0 Å². The minimum Gasteiger partial charge on any atom is -0.391 e. The Kier molecular flexibility index (Phi) is 7.79. The fraction of sp³-hybridized carbons (Fsp3) is 0.538. The van der Waals surface area contributed by atoms with Crippen LogP contribution in [-0.2, 0) is 0 Å². The minimum absolute atomic E-state index is 0. The lowest BCUT2D eigenvalue weighted by atomic mass is 9.96. The van der Waals surface area contributed by atoms with Crippen molar-refractivity contribution in [2.24, 2.45) is 5.73 Å². The molecule has 0 aliphatic carbocycles. The van der Waals surface area contributed by atoms with Crippen molar-refractivity contribution in [2.75, 3.05) is 0 Å². The third-order valence-electron chi connectivity index (χ3n) is 2.92. The van der Waals surface area contributed by atoms with Gasteiger partial charge in [-0.25, -0.2) is 4.39 Å². The molecule has 2 atom stereocenters. The molecule has 0 radical (unpaired) electrons. The maximum Gasteiger partial charge on any atom is 0.129 e. The van der Waals surface area contributed by atoms with E-state index in [2.05, 4.69) is 0 Å². The van der Waals surface area contributed by atoms with Gasteiger partial charge in [0.1, 0.15) is 5.82 Å². The van der Waals surface area contributed by atoms with Gasteiger partial charge in [-0.3, -0.25) is 0 Å². The molecule has 0 aliphatic rings. The van der Waals surface area contributed by atoms with Crippen LogP contribution < -0.4 is 5.73 Å². The topological polar surface area (TPSA) is 46.2 Å². The lowest BCUT2D eigenvalue weighted by molar-refractivity contribution is 0.131. The number of hydrogen-bond donors (Lipinski definition) is 2. The van der Waals surface area contributed by atoms with E-state index in [0.29, 0.717) is 11.4 Å². The van der Waals surface area contributed by atoms with E-state index >= 15 is 0 Å². The van der Waals surface area contributed by atoms with Gasteiger partial charge in [0.05, 0.1) is 17.2 Å². The first-order valence-corrected chi connectivity index (χ1v) is 6.25. The second-order valence-corrected chi connectivity index (χ2v) is 4.71. The monoisotopic (exact) mass is 295 g/mol. The van der Waals surface area contributed by atoms with E-state index in [1.807, 2.05) is 6.92 Å². The predicted molar refractivity (Wildman–Crippen MR) is 75.9 cm³/mol. The van der Waals surface area contributed by atoms with E-state index in [1.54, 1.807) is 13.0 Å². The molecule has 0 spiro atoms. The number of hydrogen-bond acceptors (Lipinski definition) is 2. The first-order valence-electron chi connectivity index (χ1n) is 5.87. The van der Waals surface area contributed by atoms with Gasteiger partial charge in [0.2, 0.25) is 0 Å². The highest BCUT2D eigenvalue weighted by molar-refractivity contribution is 6.32. The summed E-state index contributed by atoms with van der Waals surface area (Å²) in [7, 11) is 0. The van der Waals surface area contributed by atoms with Gasteiger partial charge in [0, 0.05) is 5.56 Å². The number of nitrogens with two attached hydrogens (primary N) is 1. The van der Waals surface area contributed by atoms with Gasteiger partial charge in [-0.15, -0.1) is 12.4 Å². The Hall–Kier alpha value is -0.350. The van der Waals surface area contributed by atoms with Gasteiger partial charge in [-0.05, 0) is 25.0 Å². The smallest absolute Gasteiger partial charge is 0.129 e. The van der Waals surface area contributed by atoms with Gasteiger partial charge < -0.3 is 10.8 Å². The van der Waals surface area contributed by atoms with Gasteiger partial charge >= 0.3 is 0 Å². The molecule has 0 heterocycles. The predicted octanol–water partition coefficient (Wildman–Crippen LogP) is 3.76. The van der Waals surface area contributed by atoms with E-state index in [4.69, 9.17) is 17.3 Å². The molecule has 0 amide bonds. The highest BCUT2D eigenvalue weighted by Gasteiger charge is 2.23. The molecule has 0 fully saturated rings. The van der Waals surface area contributed by atoms with Crippen molar-refractivity contribution in [1.29, 1.82) is 0 Å². The summed E-state index contributed by atoms with van der Waals surface area (Å²) in [5.74, 6) is -0.455. The number of rotatable bonds is 5. The van der Waals surface area contributed by atoms with Crippen molar-refractivity contribution < 1.29 is 9.50 Å². The molecule has 0 bridgehead atoms. The van der Waals surface area contributed by atoms with Crippen molar-refractivity contribution in [3.63, 3.8) is 0 Å². The van der Waals surface area contributed by atoms with Crippen molar-refractivity contribution in [3.8, 4) is 0 Å². The van der Waals surface area contributed by atoms with E-state index in [9.17, 15) is 9.50 Å². The Morgan fingerprint density at radius 1 is 1.44 bits per heavy atom. The highest BCUT2D eigenvalue weighted by Crippen LogP contribution is 2.30. The van der Waals surface area contributed by atoms with Crippen LogP contribution in [0.15, 0.2) is 12.1 Å². The zero-order chi connectivity index (χ0) is 13.0. The first-order chi connectivity index (χ1) is 7.99. The van der Waals surface area contributed by atoms with Gasteiger partial charge in [-0.2, -0.15) is 0 Å². The highest BCUT2D eigenvalue weighted by atomic mass is 35.5. The van der Waals surface area contributed by atoms with Crippen LogP contribution in [0.1, 0.15) is 43.4 Å². The zero-order valence-electron chi connectivity index (χ0n) is 10.6. The zero-order valence-corrected chi connectivity index (χ0v) is 12.2. The number of aryl methyl sites for hydroxylation is 1. The Morgan fingerprint density at radius 2 is 2.06 bits per heavy atom. The lowest BCUT2D eigenvalue weighted by Gasteiger charge is -2.21. The van der Waals surface area contributed by atoms with Crippen LogP contribution in [0.25, 0.3) is 0 Å². The first kappa shape index (κ1) is 17.6. The SMILES string of the molecule is CCCC[C@H](O)[C@H](N)c1c(F)ccc(C)c1Cl.Cl. The molecule has 1 aromatic carbocycles. The maximum atomic E-state index is 13.7. The van der Waals surface area contributed by atoms with Crippen LogP contribution in [0.5, 0.6) is 0 Å². The van der Waals surface area contributed by atoms with Crippen LogP contribution in [0.4, 0.5) is 4.39 Å². The summed E-state index contributed by atoms with van der Waals surface area (Å²) in [4.78, 5) is 0. The van der Waals surface area contributed by atoms with E-state index in [1.165, 1.54) is 6.07 Å². The molecule has 0 aliphatic heterocycles. The number of aliphatic hydroxyl groups is 1. The van der Waals surface area contributed by atoms with Crippen molar-refractivity contribution >= 4 is 24.0 Å². The Bertz CT molecular complexity index is 387. The Labute approximate surface area is 119 Å². The summed E-state index contributed by atoms with van der Waals surface area (Å²) in [5.41, 5.74) is 6.86. The van der Waals surface area contributed by atoms with Gasteiger partial charge in [-0.1, -0.05) is 37.4 Å². The van der Waals surface area contributed by atoms with Crippen LogP contribution in [0.2, 0.25) is 5.02 Å². The molecule has 18 heavy (non-hydrogen) atoms. The van der Waals surface area contributed by atoms with Crippen LogP contribution in [-0.4, -0.2) is 11.2 Å². The molecule has 0 aromatic heterocycles. The number of aliphatic hydroxyl groups excluding tert-OH is 1. The largest absolute Gasteiger partial charge is 0.391 e. The van der Waals surface area contributed by atoms with Crippen LogP contribution in [0.3, 0.4) is 0 Å². The van der Waals surface area contributed by atoms with Crippen molar-refractivity contribution in [3.05, 3.63) is 34.1 Å².